The highest BCUT2D eigenvalue weighted by molar-refractivity contribution is 7.89. The molecular weight excluding hydrogens is 280 g/mol. The van der Waals surface area contributed by atoms with Crippen molar-refractivity contribution in [2.45, 2.75) is 37.4 Å². The molecule has 2 heterocycles. The molecule has 0 spiro atoms. The van der Waals surface area contributed by atoms with Crippen LogP contribution in [0.3, 0.4) is 0 Å². The Kier molecular flexibility index (Phi) is 4.42. The summed E-state index contributed by atoms with van der Waals surface area (Å²) in [6.07, 6.45) is 3.92. The first-order valence-electron chi connectivity index (χ1n) is 6.53. The van der Waals surface area contributed by atoms with E-state index in [9.17, 15) is 8.42 Å². The summed E-state index contributed by atoms with van der Waals surface area (Å²) in [5.41, 5.74) is 0. The largest absolute Gasteiger partial charge is 0.377 e. The Labute approximate surface area is 118 Å². The van der Waals surface area contributed by atoms with Crippen LogP contribution in [-0.4, -0.2) is 48.1 Å². The van der Waals surface area contributed by atoms with Crippen LogP contribution in [0.2, 0.25) is 0 Å². The van der Waals surface area contributed by atoms with Crippen molar-refractivity contribution >= 4 is 10.0 Å². The third-order valence-corrected chi connectivity index (χ3v) is 5.27. The Balaban J connectivity index is 2.30. The lowest BCUT2D eigenvalue weighted by Crippen LogP contribution is -2.47. The third-order valence-electron chi connectivity index (χ3n) is 3.48. The summed E-state index contributed by atoms with van der Waals surface area (Å²) in [4.78, 5) is 3.98. The quantitative estimate of drug-likeness (QED) is 0.819. The maximum Gasteiger partial charge on any atom is 0.263 e. The lowest BCUT2D eigenvalue weighted by Gasteiger charge is -2.29. The van der Waals surface area contributed by atoms with Gasteiger partial charge in [0.05, 0.1) is 25.6 Å². The standard InChI is InChI=1S/C12H18N4O3S/c1-3-10(2)15-7-12(14-9-15)20(17,18)16-4-5-19-8-11(16)6-13/h7,9-11H,3-5,8H2,1-2H3. The van der Waals surface area contributed by atoms with Crippen LogP contribution in [0.15, 0.2) is 17.6 Å². The summed E-state index contributed by atoms with van der Waals surface area (Å²) in [5.74, 6) is 0. The first kappa shape index (κ1) is 15.0. The molecule has 0 radical (unpaired) electrons. The van der Waals surface area contributed by atoms with E-state index in [1.54, 1.807) is 4.57 Å². The van der Waals surface area contributed by atoms with Crippen molar-refractivity contribution in [1.82, 2.24) is 13.9 Å². The van der Waals surface area contributed by atoms with Crippen molar-refractivity contribution in [1.29, 1.82) is 5.26 Å². The second-order valence-electron chi connectivity index (χ2n) is 4.75. The minimum Gasteiger partial charge on any atom is -0.377 e. The van der Waals surface area contributed by atoms with E-state index in [-0.39, 0.29) is 24.2 Å². The molecule has 2 unspecified atom stereocenters. The summed E-state index contributed by atoms with van der Waals surface area (Å²) in [7, 11) is -3.75. The van der Waals surface area contributed by atoms with Gasteiger partial charge in [-0.3, -0.25) is 0 Å². The van der Waals surface area contributed by atoms with E-state index in [0.717, 1.165) is 6.42 Å². The van der Waals surface area contributed by atoms with Gasteiger partial charge in [-0.1, -0.05) is 6.92 Å². The Morgan fingerprint density at radius 3 is 3.05 bits per heavy atom. The predicted octanol–water partition coefficient (Wildman–Crippen LogP) is 0.767. The molecule has 110 valence electrons. The van der Waals surface area contributed by atoms with Crippen LogP contribution in [0.1, 0.15) is 26.3 Å². The summed E-state index contributed by atoms with van der Waals surface area (Å²) in [6, 6.07) is 1.35. The summed E-state index contributed by atoms with van der Waals surface area (Å²) < 4.78 is 33.1. The Bertz CT molecular complexity index is 604. The number of imidazole rings is 1. The molecule has 7 nitrogen and oxygen atoms in total. The predicted molar refractivity (Wildman–Crippen MR) is 71.3 cm³/mol. The average molecular weight is 298 g/mol. The van der Waals surface area contributed by atoms with Crippen LogP contribution >= 0.6 is 0 Å². The lowest BCUT2D eigenvalue weighted by atomic mass is 10.3. The third kappa shape index (κ3) is 2.70. The number of hydrogen-bond donors (Lipinski definition) is 0. The topological polar surface area (TPSA) is 88.2 Å². The van der Waals surface area contributed by atoms with Crippen LogP contribution in [0, 0.1) is 11.3 Å². The fraction of sp³-hybridized carbons (Fsp3) is 0.667. The molecule has 0 amide bonds. The normalized spacial score (nSPS) is 22.4. The molecule has 0 N–H and O–H groups in total. The number of rotatable bonds is 4. The summed E-state index contributed by atoms with van der Waals surface area (Å²) in [5, 5.41) is 9.03. The van der Waals surface area contributed by atoms with Gasteiger partial charge < -0.3 is 9.30 Å². The SMILES string of the molecule is CCC(C)n1cnc(S(=O)(=O)N2CCOCC2C#N)c1. The number of morpholine rings is 1. The monoisotopic (exact) mass is 298 g/mol. The van der Waals surface area contributed by atoms with E-state index in [0.29, 0.717) is 6.61 Å². The minimum absolute atomic E-state index is 0.0139. The maximum absolute atomic E-state index is 12.5. The summed E-state index contributed by atoms with van der Waals surface area (Å²) in [6.45, 7) is 4.58. The van der Waals surface area contributed by atoms with Gasteiger partial charge in [0.2, 0.25) is 0 Å². The molecule has 1 fully saturated rings. The highest BCUT2D eigenvalue weighted by atomic mass is 32.2. The van der Waals surface area contributed by atoms with Crippen molar-refractivity contribution in [3.63, 3.8) is 0 Å². The molecule has 0 aromatic carbocycles. The highest BCUT2D eigenvalue weighted by Crippen LogP contribution is 2.20. The van der Waals surface area contributed by atoms with Crippen molar-refractivity contribution in [3.8, 4) is 6.07 Å². The number of hydrogen-bond acceptors (Lipinski definition) is 5. The molecule has 1 aromatic heterocycles. The van der Waals surface area contributed by atoms with Gasteiger partial charge in [0.25, 0.3) is 10.0 Å². The molecule has 2 rings (SSSR count). The zero-order valence-electron chi connectivity index (χ0n) is 11.6. The zero-order valence-corrected chi connectivity index (χ0v) is 12.4. The van der Waals surface area contributed by atoms with Crippen LogP contribution in [-0.2, 0) is 14.8 Å². The van der Waals surface area contributed by atoms with Gasteiger partial charge in [0, 0.05) is 18.8 Å². The molecule has 2 atom stereocenters. The van der Waals surface area contributed by atoms with E-state index in [2.05, 4.69) is 4.98 Å². The number of sulfonamides is 1. The second-order valence-corrected chi connectivity index (χ2v) is 6.59. The molecule has 1 aliphatic heterocycles. The molecule has 1 aliphatic rings. The Morgan fingerprint density at radius 1 is 1.65 bits per heavy atom. The molecule has 0 saturated carbocycles. The fourth-order valence-electron chi connectivity index (χ4n) is 2.00. The Hall–Kier alpha value is -1.43. The van der Waals surface area contributed by atoms with Gasteiger partial charge in [-0.05, 0) is 13.3 Å². The van der Waals surface area contributed by atoms with E-state index in [1.165, 1.54) is 16.8 Å². The van der Waals surface area contributed by atoms with Gasteiger partial charge in [0.15, 0.2) is 5.03 Å². The molecule has 0 bridgehead atoms. The van der Waals surface area contributed by atoms with Crippen LogP contribution < -0.4 is 0 Å². The van der Waals surface area contributed by atoms with Gasteiger partial charge in [-0.15, -0.1) is 0 Å². The lowest BCUT2D eigenvalue weighted by molar-refractivity contribution is 0.0510. The van der Waals surface area contributed by atoms with Crippen molar-refractivity contribution in [3.05, 3.63) is 12.5 Å². The number of aromatic nitrogens is 2. The molecular formula is C12H18N4O3S. The van der Waals surface area contributed by atoms with E-state index in [1.807, 2.05) is 19.9 Å². The number of nitriles is 1. The van der Waals surface area contributed by atoms with E-state index in [4.69, 9.17) is 10.00 Å². The van der Waals surface area contributed by atoms with Gasteiger partial charge in [0.1, 0.15) is 6.04 Å². The number of nitrogens with zero attached hydrogens (tertiary/aromatic N) is 4. The fourth-order valence-corrected chi connectivity index (χ4v) is 3.43. The second kappa shape index (κ2) is 5.91. The smallest absolute Gasteiger partial charge is 0.263 e. The van der Waals surface area contributed by atoms with Crippen molar-refractivity contribution in [2.75, 3.05) is 19.8 Å². The molecule has 8 heteroatoms. The first-order chi connectivity index (χ1) is 9.50. The minimum atomic E-state index is -3.75. The van der Waals surface area contributed by atoms with Gasteiger partial charge in [-0.2, -0.15) is 9.57 Å². The van der Waals surface area contributed by atoms with Crippen LogP contribution in [0.5, 0.6) is 0 Å². The van der Waals surface area contributed by atoms with Crippen LogP contribution in [0.25, 0.3) is 0 Å². The van der Waals surface area contributed by atoms with E-state index < -0.39 is 16.1 Å². The summed E-state index contributed by atoms with van der Waals surface area (Å²) >= 11 is 0. The average Bonchev–Trinajstić information content (AvgIpc) is 2.97. The highest BCUT2D eigenvalue weighted by Gasteiger charge is 2.35. The molecule has 1 aromatic rings. The molecule has 0 aliphatic carbocycles. The first-order valence-corrected chi connectivity index (χ1v) is 7.97. The number of ether oxygens (including phenoxy) is 1. The van der Waals surface area contributed by atoms with E-state index >= 15 is 0 Å². The van der Waals surface area contributed by atoms with Gasteiger partial charge in [-0.25, -0.2) is 13.4 Å². The zero-order chi connectivity index (χ0) is 14.8. The Morgan fingerprint density at radius 2 is 2.40 bits per heavy atom. The van der Waals surface area contributed by atoms with Gasteiger partial charge >= 0.3 is 0 Å². The van der Waals surface area contributed by atoms with Crippen LogP contribution in [0.4, 0.5) is 0 Å². The molecule has 20 heavy (non-hydrogen) atoms. The molecule has 1 saturated heterocycles. The van der Waals surface area contributed by atoms with Crippen molar-refractivity contribution < 1.29 is 13.2 Å². The maximum atomic E-state index is 12.5. The van der Waals surface area contributed by atoms with Crippen molar-refractivity contribution in [2.24, 2.45) is 0 Å².